The second kappa shape index (κ2) is 10.5. The SMILES string of the molecule is CN=C(NCCNS(=O)(=O)c1cccc(Cl)c1)NCCc1ccc(Cl)nc1. The van der Waals surface area contributed by atoms with Crippen LogP contribution in [-0.2, 0) is 16.4 Å². The number of halogens is 2. The predicted molar refractivity (Wildman–Crippen MR) is 109 cm³/mol. The van der Waals surface area contributed by atoms with E-state index in [0.717, 1.165) is 12.0 Å². The lowest BCUT2D eigenvalue weighted by molar-refractivity contribution is 0.580. The Kier molecular flexibility index (Phi) is 8.30. The third-order valence-electron chi connectivity index (χ3n) is 3.53. The van der Waals surface area contributed by atoms with E-state index in [1.165, 1.54) is 12.1 Å². The Hall–Kier alpha value is -1.87. The molecule has 0 bridgehead atoms. The van der Waals surface area contributed by atoms with Crippen LogP contribution in [-0.4, -0.2) is 46.0 Å². The lowest BCUT2D eigenvalue weighted by atomic mass is 10.2. The van der Waals surface area contributed by atoms with Gasteiger partial charge in [-0.05, 0) is 36.2 Å². The summed E-state index contributed by atoms with van der Waals surface area (Å²) in [5.41, 5.74) is 1.05. The maximum atomic E-state index is 12.2. The number of guanidine groups is 1. The second-order valence-corrected chi connectivity index (χ2v) is 8.11. The molecule has 1 aromatic carbocycles. The first-order valence-electron chi connectivity index (χ1n) is 8.21. The molecule has 0 amide bonds. The molecular formula is C17H21Cl2N5O2S. The number of rotatable bonds is 8. The van der Waals surface area contributed by atoms with E-state index < -0.39 is 10.0 Å². The molecular weight excluding hydrogens is 409 g/mol. The zero-order chi connectivity index (χ0) is 19.7. The second-order valence-electron chi connectivity index (χ2n) is 5.52. The van der Waals surface area contributed by atoms with Crippen LogP contribution < -0.4 is 15.4 Å². The predicted octanol–water partition coefficient (Wildman–Crippen LogP) is 2.07. The first kappa shape index (κ1) is 21.4. The smallest absolute Gasteiger partial charge is 0.240 e. The van der Waals surface area contributed by atoms with Crippen molar-refractivity contribution in [2.24, 2.45) is 4.99 Å². The average molecular weight is 430 g/mol. The third-order valence-corrected chi connectivity index (χ3v) is 5.45. The number of aromatic nitrogens is 1. The molecule has 0 fully saturated rings. The zero-order valence-corrected chi connectivity index (χ0v) is 17.1. The number of benzene rings is 1. The number of hydrogen-bond acceptors (Lipinski definition) is 4. The molecule has 1 heterocycles. The number of pyridine rings is 1. The highest BCUT2D eigenvalue weighted by molar-refractivity contribution is 7.89. The van der Waals surface area contributed by atoms with Gasteiger partial charge >= 0.3 is 0 Å². The molecule has 0 aliphatic rings. The Morgan fingerprint density at radius 1 is 1.11 bits per heavy atom. The molecule has 27 heavy (non-hydrogen) atoms. The summed E-state index contributed by atoms with van der Waals surface area (Å²) in [6, 6.07) is 9.78. The zero-order valence-electron chi connectivity index (χ0n) is 14.7. The maximum absolute atomic E-state index is 12.2. The van der Waals surface area contributed by atoms with Gasteiger partial charge in [0.2, 0.25) is 10.0 Å². The van der Waals surface area contributed by atoms with Crippen LogP contribution in [0.25, 0.3) is 0 Å². The van der Waals surface area contributed by atoms with E-state index in [0.29, 0.717) is 29.2 Å². The molecule has 3 N–H and O–H groups in total. The summed E-state index contributed by atoms with van der Waals surface area (Å²) >= 11 is 11.6. The van der Waals surface area contributed by atoms with Crippen molar-refractivity contribution in [1.29, 1.82) is 0 Å². The van der Waals surface area contributed by atoms with E-state index >= 15 is 0 Å². The Morgan fingerprint density at radius 3 is 2.56 bits per heavy atom. The molecule has 2 aromatic rings. The van der Waals surface area contributed by atoms with Gasteiger partial charge in [-0.1, -0.05) is 35.3 Å². The minimum atomic E-state index is -3.60. The molecule has 146 valence electrons. The van der Waals surface area contributed by atoms with Crippen molar-refractivity contribution in [2.45, 2.75) is 11.3 Å². The average Bonchev–Trinajstić information content (AvgIpc) is 2.65. The van der Waals surface area contributed by atoms with E-state index in [9.17, 15) is 8.42 Å². The molecule has 1 aromatic heterocycles. The highest BCUT2D eigenvalue weighted by atomic mass is 35.5. The lowest BCUT2D eigenvalue weighted by Gasteiger charge is -2.12. The van der Waals surface area contributed by atoms with Gasteiger partial charge in [0.25, 0.3) is 0 Å². The van der Waals surface area contributed by atoms with Crippen molar-refractivity contribution in [3.63, 3.8) is 0 Å². The van der Waals surface area contributed by atoms with Crippen LogP contribution in [0.3, 0.4) is 0 Å². The van der Waals surface area contributed by atoms with Gasteiger partial charge in [-0.15, -0.1) is 0 Å². The summed E-state index contributed by atoms with van der Waals surface area (Å²) in [7, 11) is -1.95. The van der Waals surface area contributed by atoms with E-state index in [1.807, 2.05) is 6.07 Å². The van der Waals surface area contributed by atoms with Crippen molar-refractivity contribution in [3.05, 3.63) is 58.3 Å². The molecule has 0 aliphatic carbocycles. The number of nitrogens with one attached hydrogen (secondary N) is 3. The summed E-state index contributed by atoms with van der Waals surface area (Å²) in [4.78, 5) is 8.26. The topological polar surface area (TPSA) is 95.5 Å². The number of sulfonamides is 1. The molecule has 0 aliphatic heterocycles. The van der Waals surface area contributed by atoms with Crippen LogP contribution >= 0.6 is 23.2 Å². The van der Waals surface area contributed by atoms with Crippen LogP contribution in [0.4, 0.5) is 0 Å². The molecule has 2 rings (SSSR count). The molecule has 0 spiro atoms. The monoisotopic (exact) mass is 429 g/mol. The molecule has 0 atom stereocenters. The summed E-state index contributed by atoms with van der Waals surface area (Å²) in [5.74, 6) is 0.582. The summed E-state index contributed by atoms with van der Waals surface area (Å²) in [6.45, 7) is 1.23. The fourth-order valence-corrected chi connectivity index (χ4v) is 3.63. The Balaban J connectivity index is 1.72. The van der Waals surface area contributed by atoms with Crippen molar-refractivity contribution in [1.82, 2.24) is 20.3 Å². The van der Waals surface area contributed by atoms with Crippen LogP contribution in [0.2, 0.25) is 10.2 Å². The van der Waals surface area contributed by atoms with Crippen LogP contribution in [0, 0.1) is 0 Å². The highest BCUT2D eigenvalue weighted by Crippen LogP contribution is 2.14. The Bertz CT molecular complexity index is 873. The summed E-state index contributed by atoms with van der Waals surface area (Å²) < 4.78 is 26.9. The minimum absolute atomic E-state index is 0.133. The van der Waals surface area contributed by atoms with E-state index in [-0.39, 0.29) is 11.4 Å². The maximum Gasteiger partial charge on any atom is 0.240 e. The van der Waals surface area contributed by atoms with Crippen molar-refractivity contribution >= 4 is 39.2 Å². The molecule has 7 nitrogen and oxygen atoms in total. The van der Waals surface area contributed by atoms with E-state index in [1.54, 1.807) is 31.4 Å². The van der Waals surface area contributed by atoms with Crippen LogP contribution in [0.5, 0.6) is 0 Å². The first-order valence-corrected chi connectivity index (χ1v) is 10.4. The van der Waals surface area contributed by atoms with Crippen LogP contribution in [0.1, 0.15) is 5.56 Å². The third kappa shape index (κ3) is 7.34. The number of aliphatic imine (C=N–C) groups is 1. The molecule has 0 unspecified atom stereocenters. The molecule has 0 radical (unpaired) electrons. The summed E-state index contributed by atoms with van der Waals surface area (Å²) in [5, 5.41) is 7.04. The standard InChI is InChI=1S/C17H21Cl2N5O2S/c1-20-17(21-8-7-13-5-6-16(19)23-12-13)22-9-10-24-27(25,26)15-4-2-3-14(18)11-15/h2-6,11-12,24H,7-10H2,1H3,(H2,20,21,22). The van der Waals surface area contributed by atoms with Crippen LogP contribution in [0.15, 0.2) is 52.5 Å². The molecule has 10 heteroatoms. The van der Waals surface area contributed by atoms with Gasteiger partial charge in [0.05, 0.1) is 4.90 Å². The van der Waals surface area contributed by atoms with Gasteiger partial charge < -0.3 is 10.6 Å². The van der Waals surface area contributed by atoms with Crippen molar-refractivity contribution in [3.8, 4) is 0 Å². The summed E-state index contributed by atoms with van der Waals surface area (Å²) in [6.07, 6.45) is 2.48. The highest BCUT2D eigenvalue weighted by Gasteiger charge is 2.13. The first-order chi connectivity index (χ1) is 12.9. The Labute approximate surface area is 169 Å². The van der Waals surface area contributed by atoms with Gasteiger partial charge in [-0.3, -0.25) is 4.99 Å². The van der Waals surface area contributed by atoms with Gasteiger partial charge in [0.1, 0.15) is 5.15 Å². The Morgan fingerprint density at radius 2 is 1.89 bits per heavy atom. The normalized spacial score (nSPS) is 12.0. The lowest BCUT2D eigenvalue weighted by Crippen LogP contribution is -2.42. The minimum Gasteiger partial charge on any atom is -0.356 e. The fourth-order valence-electron chi connectivity index (χ4n) is 2.18. The molecule has 0 saturated carbocycles. The van der Waals surface area contributed by atoms with Gasteiger partial charge in [0, 0.05) is 37.9 Å². The number of nitrogens with zero attached hydrogens (tertiary/aromatic N) is 2. The van der Waals surface area contributed by atoms with Gasteiger partial charge in [-0.25, -0.2) is 18.1 Å². The van der Waals surface area contributed by atoms with Gasteiger partial charge in [-0.2, -0.15) is 0 Å². The van der Waals surface area contributed by atoms with Crippen molar-refractivity contribution < 1.29 is 8.42 Å². The quantitative estimate of drug-likeness (QED) is 0.258. The van der Waals surface area contributed by atoms with Gasteiger partial charge in [0.15, 0.2) is 5.96 Å². The van der Waals surface area contributed by atoms with E-state index in [4.69, 9.17) is 23.2 Å². The van der Waals surface area contributed by atoms with Crippen molar-refractivity contribution in [2.75, 3.05) is 26.7 Å². The largest absolute Gasteiger partial charge is 0.356 e. The van der Waals surface area contributed by atoms with E-state index in [2.05, 4.69) is 25.3 Å². The molecule has 0 saturated heterocycles. The fraction of sp³-hybridized carbons (Fsp3) is 0.294. The number of hydrogen-bond donors (Lipinski definition) is 3.